The fourth-order valence-electron chi connectivity index (χ4n) is 1.67. The topological polar surface area (TPSA) is 26.0 Å². The van der Waals surface area contributed by atoms with Gasteiger partial charge in [0, 0.05) is 15.8 Å². The first-order chi connectivity index (χ1) is 8.58. The van der Waals surface area contributed by atoms with E-state index in [1.54, 1.807) is 11.8 Å². The SMILES string of the molecule is Cc1ccccc1Sc1ccc([C@H](C)N)cc1Cl. The second-order valence-electron chi connectivity index (χ2n) is 4.35. The minimum Gasteiger partial charge on any atom is -0.324 e. The Labute approximate surface area is 117 Å². The lowest BCUT2D eigenvalue weighted by molar-refractivity contribution is 0.817. The van der Waals surface area contributed by atoms with Crippen molar-refractivity contribution in [2.75, 3.05) is 0 Å². The van der Waals surface area contributed by atoms with Gasteiger partial charge in [-0.2, -0.15) is 0 Å². The van der Waals surface area contributed by atoms with Crippen molar-refractivity contribution in [3.05, 3.63) is 58.6 Å². The molecule has 18 heavy (non-hydrogen) atoms. The Morgan fingerprint density at radius 3 is 2.44 bits per heavy atom. The zero-order valence-electron chi connectivity index (χ0n) is 10.5. The van der Waals surface area contributed by atoms with Crippen LogP contribution in [0.3, 0.4) is 0 Å². The Balaban J connectivity index is 2.28. The molecular formula is C15H16ClNS. The number of nitrogens with two attached hydrogens (primary N) is 1. The third-order valence-electron chi connectivity index (χ3n) is 2.80. The lowest BCUT2D eigenvalue weighted by Gasteiger charge is -2.10. The molecule has 0 saturated carbocycles. The van der Waals surface area contributed by atoms with E-state index in [1.807, 2.05) is 37.3 Å². The molecule has 2 N–H and O–H groups in total. The quantitative estimate of drug-likeness (QED) is 0.870. The first kappa shape index (κ1) is 13.5. The van der Waals surface area contributed by atoms with Crippen molar-refractivity contribution in [3.8, 4) is 0 Å². The van der Waals surface area contributed by atoms with Gasteiger partial charge < -0.3 is 5.73 Å². The van der Waals surface area contributed by atoms with Crippen LogP contribution in [0.5, 0.6) is 0 Å². The normalized spacial score (nSPS) is 12.4. The van der Waals surface area contributed by atoms with Gasteiger partial charge in [0.15, 0.2) is 0 Å². The van der Waals surface area contributed by atoms with Gasteiger partial charge >= 0.3 is 0 Å². The number of hydrogen-bond donors (Lipinski definition) is 1. The van der Waals surface area contributed by atoms with Crippen LogP contribution in [-0.2, 0) is 0 Å². The van der Waals surface area contributed by atoms with Crippen LogP contribution in [0, 0.1) is 6.92 Å². The summed E-state index contributed by atoms with van der Waals surface area (Å²) in [7, 11) is 0. The summed E-state index contributed by atoms with van der Waals surface area (Å²) in [6, 6.07) is 14.3. The van der Waals surface area contributed by atoms with Gasteiger partial charge in [-0.05, 0) is 43.2 Å². The minimum absolute atomic E-state index is 0.0139. The maximum Gasteiger partial charge on any atom is 0.0548 e. The molecule has 0 aliphatic carbocycles. The fourth-order valence-corrected chi connectivity index (χ4v) is 2.88. The molecule has 3 heteroatoms. The van der Waals surface area contributed by atoms with Crippen molar-refractivity contribution in [3.63, 3.8) is 0 Å². The van der Waals surface area contributed by atoms with Crippen LogP contribution in [0.25, 0.3) is 0 Å². The van der Waals surface area contributed by atoms with Gasteiger partial charge in [-0.25, -0.2) is 0 Å². The second kappa shape index (κ2) is 5.79. The second-order valence-corrected chi connectivity index (χ2v) is 5.84. The first-order valence-corrected chi connectivity index (χ1v) is 7.06. The van der Waals surface area contributed by atoms with E-state index in [1.165, 1.54) is 10.5 Å². The molecule has 2 aromatic carbocycles. The van der Waals surface area contributed by atoms with Crippen molar-refractivity contribution in [2.45, 2.75) is 29.7 Å². The molecule has 2 aromatic rings. The van der Waals surface area contributed by atoms with Crippen LogP contribution in [0.1, 0.15) is 24.1 Å². The van der Waals surface area contributed by atoms with Gasteiger partial charge in [-0.15, -0.1) is 0 Å². The number of rotatable bonds is 3. The van der Waals surface area contributed by atoms with E-state index in [0.717, 1.165) is 15.5 Å². The highest BCUT2D eigenvalue weighted by molar-refractivity contribution is 7.99. The summed E-state index contributed by atoms with van der Waals surface area (Å²) in [5.41, 5.74) is 8.17. The Bertz CT molecular complexity index is 552. The predicted molar refractivity (Wildman–Crippen MR) is 79.4 cm³/mol. The van der Waals surface area contributed by atoms with Gasteiger partial charge in [-0.1, -0.05) is 47.6 Å². The Kier molecular flexibility index (Phi) is 4.33. The van der Waals surface area contributed by atoms with Crippen LogP contribution in [0.15, 0.2) is 52.3 Å². The van der Waals surface area contributed by atoms with Crippen LogP contribution in [-0.4, -0.2) is 0 Å². The van der Waals surface area contributed by atoms with Gasteiger partial charge in [0.1, 0.15) is 0 Å². The highest BCUT2D eigenvalue weighted by Crippen LogP contribution is 2.35. The first-order valence-electron chi connectivity index (χ1n) is 5.86. The van der Waals surface area contributed by atoms with E-state index in [-0.39, 0.29) is 6.04 Å². The number of hydrogen-bond acceptors (Lipinski definition) is 2. The summed E-state index contributed by atoms with van der Waals surface area (Å²) in [5, 5.41) is 0.762. The summed E-state index contributed by atoms with van der Waals surface area (Å²) in [4.78, 5) is 2.29. The van der Waals surface area contributed by atoms with Gasteiger partial charge in [-0.3, -0.25) is 0 Å². The van der Waals surface area contributed by atoms with Gasteiger partial charge in [0.2, 0.25) is 0 Å². The Morgan fingerprint density at radius 1 is 1.11 bits per heavy atom. The predicted octanol–water partition coefficient (Wildman–Crippen LogP) is 4.82. The molecule has 0 fully saturated rings. The molecule has 0 radical (unpaired) electrons. The molecule has 0 aromatic heterocycles. The molecule has 0 aliphatic rings. The highest BCUT2D eigenvalue weighted by Gasteiger charge is 2.07. The van der Waals surface area contributed by atoms with E-state index >= 15 is 0 Å². The minimum atomic E-state index is 0.0139. The Morgan fingerprint density at radius 2 is 1.83 bits per heavy atom. The molecule has 0 bridgehead atoms. The van der Waals surface area contributed by atoms with Gasteiger partial charge in [0.25, 0.3) is 0 Å². The smallest absolute Gasteiger partial charge is 0.0548 e. The van der Waals surface area contributed by atoms with Crippen molar-refractivity contribution < 1.29 is 0 Å². The lowest BCUT2D eigenvalue weighted by Crippen LogP contribution is -2.04. The van der Waals surface area contributed by atoms with Crippen LogP contribution >= 0.6 is 23.4 Å². The van der Waals surface area contributed by atoms with E-state index < -0.39 is 0 Å². The molecule has 0 spiro atoms. The average molecular weight is 278 g/mol. The molecule has 94 valence electrons. The van der Waals surface area contributed by atoms with Crippen molar-refractivity contribution in [2.24, 2.45) is 5.73 Å². The lowest BCUT2D eigenvalue weighted by atomic mass is 10.1. The zero-order valence-corrected chi connectivity index (χ0v) is 12.1. The number of halogens is 1. The van der Waals surface area contributed by atoms with Crippen LogP contribution < -0.4 is 5.73 Å². The molecule has 0 saturated heterocycles. The monoisotopic (exact) mass is 277 g/mol. The van der Waals surface area contributed by atoms with Crippen molar-refractivity contribution in [1.29, 1.82) is 0 Å². The summed E-state index contributed by atoms with van der Waals surface area (Å²) in [6.45, 7) is 4.06. The maximum absolute atomic E-state index is 6.30. The number of aryl methyl sites for hydroxylation is 1. The molecular weight excluding hydrogens is 262 g/mol. The molecule has 1 nitrogen and oxygen atoms in total. The largest absolute Gasteiger partial charge is 0.324 e. The third kappa shape index (κ3) is 3.08. The van der Waals surface area contributed by atoms with E-state index in [0.29, 0.717) is 0 Å². The van der Waals surface area contributed by atoms with Crippen LogP contribution in [0.2, 0.25) is 5.02 Å². The zero-order chi connectivity index (χ0) is 13.1. The molecule has 0 aliphatic heterocycles. The third-order valence-corrected chi connectivity index (χ3v) is 4.47. The van der Waals surface area contributed by atoms with Crippen molar-refractivity contribution in [1.82, 2.24) is 0 Å². The van der Waals surface area contributed by atoms with Gasteiger partial charge in [0.05, 0.1) is 5.02 Å². The van der Waals surface area contributed by atoms with Crippen LogP contribution in [0.4, 0.5) is 0 Å². The van der Waals surface area contributed by atoms with E-state index in [2.05, 4.69) is 19.1 Å². The molecule has 0 heterocycles. The Hall–Kier alpha value is -0.960. The standard InChI is InChI=1S/C15H16ClNS/c1-10-5-3-4-6-14(10)18-15-8-7-12(11(2)17)9-13(15)16/h3-9,11H,17H2,1-2H3/t11-/m0/s1. The fraction of sp³-hybridized carbons (Fsp3) is 0.200. The van der Waals surface area contributed by atoms with E-state index in [9.17, 15) is 0 Å². The summed E-state index contributed by atoms with van der Waals surface area (Å²) < 4.78 is 0. The summed E-state index contributed by atoms with van der Waals surface area (Å²) >= 11 is 7.99. The summed E-state index contributed by atoms with van der Waals surface area (Å²) in [5.74, 6) is 0. The van der Waals surface area contributed by atoms with Crippen molar-refractivity contribution >= 4 is 23.4 Å². The molecule has 1 atom stereocenters. The average Bonchev–Trinajstić information content (AvgIpc) is 2.34. The maximum atomic E-state index is 6.30. The molecule has 2 rings (SSSR count). The number of benzene rings is 2. The molecule has 0 unspecified atom stereocenters. The highest BCUT2D eigenvalue weighted by atomic mass is 35.5. The molecule has 0 amide bonds. The summed E-state index contributed by atoms with van der Waals surface area (Å²) in [6.07, 6.45) is 0. The van der Waals surface area contributed by atoms with E-state index in [4.69, 9.17) is 17.3 Å².